The van der Waals surface area contributed by atoms with Crippen molar-refractivity contribution in [3.8, 4) is 5.75 Å². The molecule has 0 aromatic heterocycles. The highest BCUT2D eigenvalue weighted by atomic mass is 35.5. The number of hydrogen-bond acceptors (Lipinski definition) is 3. The molecule has 5 heteroatoms. The first-order chi connectivity index (χ1) is 7.66. The molecule has 1 aromatic rings. The molecule has 1 aliphatic heterocycles. The van der Waals surface area contributed by atoms with E-state index in [0.29, 0.717) is 6.54 Å². The monoisotopic (exact) mass is 243 g/mol. The highest BCUT2D eigenvalue weighted by molar-refractivity contribution is 6.30. The SMILES string of the molecule is O=C(Oc1ccc(Cl)c(F)c1)C1CCNC1. The third-order valence-electron chi connectivity index (χ3n) is 2.50. The van der Waals surface area contributed by atoms with Crippen LogP contribution in [0.25, 0.3) is 0 Å². The second-order valence-corrected chi connectivity index (χ2v) is 4.09. The zero-order valence-corrected chi connectivity index (χ0v) is 9.26. The molecule has 0 spiro atoms. The number of carbonyl (C=O) groups excluding carboxylic acids is 1. The van der Waals surface area contributed by atoms with E-state index in [-0.39, 0.29) is 22.7 Å². The van der Waals surface area contributed by atoms with Crippen molar-refractivity contribution in [1.29, 1.82) is 0 Å². The molecule has 1 heterocycles. The van der Waals surface area contributed by atoms with E-state index < -0.39 is 5.82 Å². The first-order valence-corrected chi connectivity index (χ1v) is 5.42. The van der Waals surface area contributed by atoms with Crippen LogP contribution in [0.5, 0.6) is 5.75 Å². The minimum absolute atomic E-state index is 0.0160. The normalized spacial score (nSPS) is 19.8. The molecule has 1 fully saturated rings. The summed E-state index contributed by atoms with van der Waals surface area (Å²) in [7, 11) is 0. The Morgan fingerprint density at radius 3 is 3.00 bits per heavy atom. The average molecular weight is 244 g/mol. The lowest BCUT2D eigenvalue weighted by Gasteiger charge is -2.08. The minimum Gasteiger partial charge on any atom is -0.426 e. The quantitative estimate of drug-likeness (QED) is 0.638. The van der Waals surface area contributed by atoms with Gasteiger partial charge in [-0.2, -0.15) is 0 Å². The molecule has 0 radical (unpaired) electrons. The van der Waals surface area contributed by atoms with Crippen LogP contribution in [0.3, 0.4) is 0 Å². The lowest BCUT2D eigenvalue weighted by molar-refractivity contribution is -0.138. The molecule has 1 atom stereocenters. The Morgan fingerprint density at radius 1 is 1.56 bits per heavy atom. The van der Waals surface area contributed by atoms with Crippen LogP contribution in [0.2, 0.25) is 5.02 Å². The average Bonchev–Trinajstić information content (AvgIpc) is 2.77. The van der Waals surface area contributed by atoms with Crippen molar-refractivity contribution in [3.63, 3.8) is 0 Å². The van der Waals surface area contributed by atoms with E-state index >= 15 is 0 Å². The minimum atomic E-state index is -0.587. The topological polar surface area (TPSA) is 38.3 Å². The van der Waals surface area contributed by atoms with E-state index in [9.17, 15) is 9.18 Å². The summed E-state index contributed by atoms with van der Waals surface area (Å²) in [6.07, 6.45) is 0.759. The number of rotatable bonds is 2. The fourth-order valence-electron chi connectivity index (χ4n) is 1.60. The van der Waals surface area contributed by atoms with Crippen LogP contribution in [0.15, 0.2) is 18.2 Å². The summed E-state index contributed by atoms with van der Waals surface area (Å²) in [5, 5.41) is 3.08. The Labute approximate surface area is 97.5 Å². The number of halogens is 2. The predicted octanol–water partition coefficient (Wildman–Crippen LogP) is 1.99. The smallest absolute Gasteiger partial charge is 0.315 e. The summed E-state index contributed by atoms with van der Waals surface area (Å²) in [5.41, 5.74) is 0. The Balaban J connectivity index is 2.02. The van der Waals surface area contributed by atoms with Crippen LogP contribution in [-0.4, -0.2) is 19.1 Å². The van der Waals surface area contributed by atoms with Crippen LogP contribution in [-0.2, 0) is 4.79 Å². The van der Waals surface area contributed by atoms with Gasteiger partial charge in [0.2, 0.25) is 0 Å². The van der Waals surface area contributed by atoms with E-state index in [1.165, 1.54) is 12.1 Å². The molecule has 1 N–H and O–H groups in total. The number of nitrogens with one attached hydrogen (secondary N) is 1. The fraction of sp³-hybridized carbons (Fsp3) is 0.364. The summed E-state index contributed by atoms with van der Waals surface area (Å²) in [5.74, 6) is -0.860. The molecule has 0 aliphatic carbocycles. The first kappa shape index (κ1) is 11.4. The lowest BCUT2D eigenvalue weighted by Crippen LogP contribution is -2.22. The Hall–Kier alpha value is -1.13. The maximum absolute atomic E-state index is 13.1. The Morgan fingerprint density at radius 2 is 2.38 bits per heavy atom. The highest BCUT2D eigenvalue weighted by Crippen LogP contribution is 2.21. The van der Waals surface area contributed by atoms with Gasteiger partial charge in [0, 0.05) is 12.6 Å². The van der Waals surface area contributed by atoms with Crippen molar-refractivity contribution in [1.82, 2.24) is 5.32 Å². The predicted molar refractivity (Wildman–Crippen MR) is 58.0 cm³/mol. The van der Waals surface area contributed by atoms with Crippen molar-refractivity contribution in [2.45, 2.75) is 6.42 Å². The number of carbonyl (C=O) groups is 1. The van der Waals surface area contributed by atoms with Gasteiger partial charge in [-0.05, 0) is 25.1 Å². The zero-order valence-electron chi connectivity index (χ0n) is 8.50. The molecule has 1 aromatic carbocycles. The zero-order chi connectivity index (χ0) is 11.5. The third kappa shape index (κ3) is 2.51. The van der Waals surface area contributed by atoms with Crippen molar-refractivity contribution < 1.29 is 13.9 Å². The molecule has 1 unspecified atom stereocenters. The second kappa shape index (κ2) is 4.80. The van der Waals surface area contributed by atoms with Gasteiger partial charge in [0.15, 0.2) is 0 Å². The molecular formula is C11H11ClFNO2. The molecule has 1 saturated heterocycles. The lowest BCUT2D eigenvalue weighted by atomic mass is 10.1. The van der Waals surface area contributed by atoms with Crippen molar-refractivity contribution in [2.24, 2.45) is 5.92 Å². The van der Waals surface area contributed by atoms with Crippen molar-refractivity contribution in [2.75, 3.05) is 13.1 Å². The van der Waals surface area contributed by atoms with Crippen LogP contribution >= 0.6 is 11.6 Å². The maximum atomic E-state index is 13.1. The first-order valence-electron chi connectivity index (χ1n) is 5.04. The van der Waals surface area contributed by atoms with Gasteiger partial charge in [-0.25, -0.2) is 4.39 Å². The van der Waals surface area contributed by atoms with Crippen molar-refractivity contribution in [3.05, 3.63) is 29.0 Å². The molecule has 86 valence electrons. The molecule has 0 bridgehead atoms. The van der Waals surface area contributed by atoms with E-state index in [1.54, 1.807) is 0 Å². The highest BCUT2D eigenvalue weighted by Gasteiger charge is 2.24. The van der Waals surface area contributed by atoms with Crippen LogP contribution in [0.1, 0.15) is 6.42 Å². The van der Waals surface area contributed by atoms with Gasteiger partial charge in [0.1, 0.15) is 11.6 Å². The van der Waals surface area contributed by atoms with E-state index in [1.807, 2.05) is 0 Å². The van der Waals surface area contributed by atoms with Gasteiger partial charge >= 0.3 is 5.97 Å². The number of ether oxygens (including phenoxy) is 1. The molecule has 2 rings (SSSR count). The summed E-state index contributed by atoms with van der Waals surface area (Å²) in [6, 6.07) is 3.96. The van der Waals surface area contributed by atoms with Crippen LogP contribution in [0, 0.1) is 11.7 Å². The molecule has 3 nitrogen and oxygen atoms in total. The standard InChI is InChI=1S/C11H11ClFNO2/c12-9-2-1-8(5-10(9)13)16-11(15)7-3-4-14-6-7/h1-2,5,7,14H,3-4,6H2. The number of benzene rings is 1. The summed E-state index contributed by atoms with van der Waals surface area (Å²) < 4.78 is 18.1. The van der Waals surface area contributed by atoms with Crippen LogP contribution in [0.4, 0.5) is 4.39 Å². The Kier molecular flexibility index (Phi) is 3.41. The van der Waals surface area contributed by atoms with Gasteiger partial charge < -0.3 is 10.1 Å². The van der Waals surface area contributed by atoms with E-state index in [0.717, 1.165) is 19.0 Å². The second-order valence-electron chi connectivity index (χ2n) is 3.69. The summed E-state index contributed by atoms with van der Waals surface area (Å²) in [4.78, 5) is 11.6. The molecule has 16 heavy (non-hydrogen) atoms. The number of esters is 1. The molecule has 0 amide bonds. The van der Waals surface area contributed by atoms with E-state index in [4.69, 9.17) is 16.3 Å². The maximum Gasteiger partial charge on any atom is 0.315 e. The van der Waals surface area contributed by atoms with Gasteiger partial charge in [-0.15, -0.1) is 0 Å². The van der Waals surface area contributed by atoms with E-state index in [2.05, 4.69) is 5.32 Å². The summed E-state index contributed by atoms with van der Waals surface area (Å²) >= 11 is 5.52. The molecule has 0 saturated carbocycles. The van der Waals surface area contributed by atoms with Gasteiger partial charge in [0.25, 0.3) is 0 Å². The van der Waals surface area contributed by atoms with Crippen LogP contribution < -0.4 is 10.1 Å². The largest absolute Gasteiger partial charge is 0.426 e. The third-order valence-corrected chi connectivity index (χ3v) is 2.81. The number of hydrogen-bond donors (Lipinski definition) is 1. The molecular weight excluding hydrogens is 233 g/mol. The Bertz CT molecular complexity index is 405. The van der Waals surface area contributed by atoms with Crippen molar-refractivity contribution >= 4 is 17.6 Å². The van der Waals surface area contributed by atoms with Gasteiger partial charge in [0.05, 0.1) is 10.9 Å². The molecule has 1 aliphatic rings. The summed E-state index contributed by atoms with van der Waals surface area (Å²) in [6.45, 7) is 1.43. The van der Waals surface area contributed by atoms with Gasteiger partial charge in [-0.1, -0.05) is 11.6 Å². The fourth-order valence-corrected chi connectivity index (χ4v) is 1.71. The van der Waals surface area contributed by atoms with Gasteiger partial charge in [-0.3, -0.25) is 4.79 Å².